The van der Waals surface area contributed by atoms with Gasteiger partial charge in [0, 0.05) is 19.7 Å². The van der Waals surface area contributed by atoms with E-state index in [1.165, 1.54) is 0 Å². The first kappa shape index (κ1) is 17.8. The van der Waals surface area contributed by atoms with Crippen LogP contribution in [0.5, 0.6) is 0 Å². The van der Waals surface area contributed by atoms with Crippen LogP contribution in [-0.2, 0) is 14.2 Å². The molecule has 2 N–H and O–H groups in total. The molecule has 0 fully saturated rings. The molecule has 0 rings (SSSR count). The lowest BCUT2D eigenvalue weighted by atomic mass is 10.2. The molecule has 0 saturated heterocycles. The van der Waals surface area contributed by atoms with E-state index in [0.29, 0.717) is 33.0 Å². The summed E-state index contributed by atoms with van der Waals surface area (Å²) in [6.07, 6.45) is 0.707. The van der Waals surface area contributed by atoms with Gasteiger partial charge in [-0.2, -0.15) is 0 Å². The highest BCUT2D eigenvalue weighted by atomic mass is 16.5. The molecule has 0 radical (unpaired) electrons. The van der Waals surface area contributed by atoms with Gasteiger partial charge in [-0.3, -0.25) is 0 Å². The summed E-state index contributed by atoms with van der Waals surface area (Å²) in [5.41, 5.74) is 0. The number of aliphatic hydroxyl groups is 1. The van der Waals surface area contributed by atoms with E-state index < -0.39 is 6.10 Å². The number of aliphatic hydroxyl groups excluding tert-OH is 1. The highest BCUT2D eigenvalue weighted by Gasteiger charge is 2.09. The second-order valence-corrected chi connectivity index (χ2v) is 4.62. The maximum Gasteiger partial charge on any atom is 0.0897 e. The van der Waals surface area contributed by atoms with Crippen molar-refractivity contribution in [2.75, 3.05) is 40.1 Å². The van der Waals surface area contributed by atoms with Crippen LogP contribution in [-0.4, -0.2) is 63.4 Å². The number of ether oxygens (including phenoxy) is 3. The Morgan fingerprint density at radius 2 is 1.89 bits per heavy atom. The van der Waals surface area contributed by atoms with Crippen molar-refractivity contribution in [3.05, 3.63) is 0 Å². The van der Waals surface area contributed by atoms with Crippen molar-refractivity contribution in [1.29, 1.82) is 0 Å². The molecule has 0 aliphatic carbocycles. The van der Waals surface area contributed by atoms with Gasteiger partial charge in [-0.05, 0) is 20.3 Å². The highest BCUT2D eigenvalue weighted by Crippen LogP contribution is 1.93. The van der Waals surface area contributed by atoms with Crippen molar-refractivity contribution in [2.24, 2.45) is 0 Å². The largest absolute Gasteiger partial charge is 0.389 e. The number of hydrogen-bond acceptors (Lipinski definition) is 5. The summed E-state index contributed by atoms with van der Waals surface area (Å²) in [5.74, 6) is 0. The van der Waals surface area contributed by atoms with Gasteiger partial charge in [0.1, 0.15) is 0 Å². The minimum absolute atomic E-state index is 0.222. The summed E-state index contributed by atoms with van der Waals surface area (Å²) in [6.45, 7) is 8.66. The van der Waals surface area contributed by atoms with Crippen molar-refractivity contribution in [1.82, 2.24) is 5.32 Å². The first-order valence-electron chi connectivity index (χ1n) is 6.69. The van der Waals surface area contributed by atoms with E-state index in [2.05, 4.69) is 12.2 Å². The van der Waals surface area contributed by atoms with Crippen LogP contribution in [0, 0.1) is 0 Å². The molecule has 0 aliphatic heterocycles. The standard InChI is InChI=1S/C13H29NO4/c1-5-12(9-16-4)14-8-13(15)10-17-6-7-18-11(2)3/h11-15H,5-10H2,1-4H3. The quantitative estimate of drug-likeness (QED) is 0.510. The fourth-order valence-corrected chi connectivity index (χ4v) is 1.45. The first-order valence-corrected chi connectivity index (χ1v) is 6.69. The topological polar surface area (TPSA) is 60.0 Å². The molecule has 5 heteroatoms. The maximum atomic E-state index is 9.70. The van der Waals surface area contributed by atoms with E-state index in [1.54, 1.807) is 7.11 Å². The van der Waals surface area contributed by atoms with Gasteiger partial charge in [0.2, 0.25) is 0 Å². The fourth-order valence-electron chi connectivity index (χ4n) is 1.45. The van der Waals surface area contributed by atoms with Crippen molar-refractivity contribution >= 4 is 0 Å². The first-order chi connectivity index (χ1) is 8.60. The highest BCUT2D eigenvalue weighted by molar-refractivity contribution is 4.67. The Hall–Kier alpha value is -0.200. The van der Waals surface area contributed by atoms with E-state index in [4.69, 9.17) is 14.2 Å². The molecule has 110 valence electrons. The third-order valence-corrected chi connectivity index (χ3v) is 2.49. The van der Waals surface area contributed by atoms with E-state index in [-0.39, 0.29) is 12.1 Å². The minimum atomic E-state index is -0.491. The van der Waals surface area contributed by atoms with E-state index in [1.807, 2.05) is 13.8 Å². The average molecular weight is 263 g/mol. The summed E-state index contributed by atoms with van der Waals surface area (Å²) in [7, 11) is 1.68. The third-order valence-electron chi connectivity index (χ3n) is 2.49. The minimum Gasteiger partial charge on any atom is -0.389 e. The molecule has 2 atom stereocenters. The van der Waals surface area contributed by atoms with Gasteiger partial charge in [0.25, 0.3) is 0 Å². The van der Waals surface area contributed by atoms with E-state index in [0.717, 1.165) is 6.42 Å². The SMILES string of the molecule is CCC(COC)NCC(O)COCCOC(C)C. The van der Waals surface area contributed by atoms with Crippen LogP contribution in [0.1, 0.15) is 27.2 Å². The van der Waals surface area contributed by atoms with Gasteiger partial charge in [-0.1, -0.05) is 6.92 Å². The van der Waals surface area contributed by atoms with Gasteiger partial charge in [0.15, 0.2) is 0 Å². The average Bonchev–Trinajstić information content (AvgIpc) is 2.33. The lowest BCUT2D eigenvalue weighted by Gasteiger charge is -2.18. The summed E-state index contributed by atoms with van der Waals surface area (Å²) in [5, 5.41) is 12.9. The predicted octanol–water partition coefficient (Wildman–Crippen LogP) is 0.804. The molecule has 0 bridgehead atoms. The van der Waals surface area contributed by atoms with Crippen molar-refractivity contribution < 1.29 is 19.3 Å². The van der Waals surface area contributed by atoms with Crippen LogP contribution in [0.25, 0.3) is 0 Å². The van der Waals surface area contributed by atoms with Gasteiger partial charge < -0.3 is 24.6 Å². The smallest absolute Gasteiger partial charge is 0.0897 e. The van der Waals surface area contributed by atoms with Crippen molar-refractivity contribution in [2.45, 2.75) is 45.4 Å². The molecule has 0 heterocycles. The van der Waals surface area contributed by atoms with Crippen LogP contribution in [0.4, 0.5) is 0 Å². The van der Waals surface area contributed by atoms with Crippen LogP contribution in [0.2, 0.25) is 0 Å². The van der Waals surface area contributed by atoms with Gasteiger partial charge >= 0.3 is 0 Å². The molecule has 0 spiro atoms. The Morgan fingerprint density at radius 3 is 2.44 bits per heavy atom. The lowest BCUT2D eigenvalue weighted by Crippen LogP contribution is -2.39. The van der Waals surface area contributed by atoms with Gasteiger partial charge in [0.05, 0.1) is 38.6 Å². The fraction of sp³-hybridized carbons (Fsp3) is 1.00. The van der Waals surface area contributed by atoms with Crippen LogP contribution in [0.15, 0.2) is 0 Å². The molecule has 0 saturated carbocycles. The number of hydrogen-bond donors (Lipinski definition) is 2. The second-order valence-electron chi connectivity index (χ2n) is 4.62. The summed E-state index contributed by atoms with van der Waals surface area (Å²) < 4.78 is 15.7. The second kappa shape index (κ2) is 11.9. The molecule has 0 aromatic carbocycles. The predicted molar refractivity (Wildman–Crippen MR) is 71.9 cm³/mol. The van der Waals surface area contributed by atoms with E-state index in [9.17, 15) is 5.11 Å². The van der Waals surface area contributed by atoms with Crippen LogP contribution in [0.3, 0.4) is 0 Å². The Morgan fingerprint density at radius 1 is 1.17 bits per heavy atom. The summed E-state index contributed by atoms with van der Waals surface area (Å²) in [4.78, 5) is 0. The summed E-state index contributed by atoms with van der Waals surface area (Å²) in [6, 6.07) is 0.286. The normalized spacial score (nSPS) is 15.0. The molecule has 5 nitrogen and oxygen atoms in total. The van der Waals surface area contributed by atoms with Crippen LogP contribution < -0.4 is 5.32 Å². The van der Waals surface area contributed by atoms with Crippen molar-refractivity contribution in [3.8, 4) is 0 Å². The zero-order chi connectivity index (χ0) is 13.8. The molecule has 0 amide bonds. The third kappa shape index (κ3) is 10.9. The number of methoxy groups -OCH3 is 1. The van der Waals surface area contributed by atoms with Gasteiger partial charge in [-0.15, -0.1) is 0 Å². The Labute approximate surface area is 111 Å². The van der Waals surface area contributed by atoms with Crippen LogP contribution >= 0.6 is 0 Å². The Balaban J connectivity index is 3.44. The molecule has 2 unspecified atom stereocenters. The number of rotatable bonds is 12. The number of nitrogens with one attached hydrogen (secondary N) is 1. The van der Waals surface area contributed by atoms with Crippen molar-refractivity contribution in [3.63, 3.8) is 0 Å². The molecule has 0 aromatic heterocycles. The molecule has 0 aromatic rings. The molecule has 0 aliphatic rings. The Kier molecular flexibility index (Phi) is 11.7. The van der Waals surface area contributed by atoms with Gasteiger partial charge in [-0.25, -0.2) is 0 Å². The monoisotopic (exact) mass is 263 g/mol. The molecule has 18 heavy (non-hydrogen) atoms. The molecular weight excluding hydrogens is 234 g/mol. The Bertz CT molecular complexity index is 178. The lowest BCUT2D eigenvalue weighted by molar-refractivity contribution is -0.0110. The maximum absolute atomic E-state index is 9.70. The zero-order valence-corrected chi connectivity index (χ0v) is 12.1. The zero-order valence-electron chi connectivity index (χ0n) is 12.1. The summed E-state index contributed by atoms with van der Waals surface area (Å²) >= 11 is 0. The molecular formula is C13H29NO4. The van der Waals surface area contributed by atoms with E-state index >= 15 is 0 Å².